The summed E-state index contributed by atoms with van der Waals surface area (Å²) >= 11 is 0. The molecule has 1 aliphatic carbocycles. The molecule has 1 aromatic carbocycles. The Bertz CT molecular complexity index is 839. The van der Waals surface area contributed by atoms with E-state index in [-0.39, 0.29) is 5.78 Å². The van der Waals surface area contributed by atoms with Crippen LogP contribution >= 0.6 is 0 Å². The second-order valence-electron chi connectivity index (χ2n) is 5.91. The van der Waals surface area contributed by atoms with Gasteiger partial charge in [-0.05, 0) is 31.4 Å². The largest absolute Gasteiger partial charge is 0.306 e. The van der Waals surface area contributed by atoms with Crippen molar-refractivity contribution >= 4 is 5.78 Å². The smallest absolute Gasteiger partial charge is 0.194 e. The first-order valence-electron chi connectivity index (χ1n) is 7.56. The van der Waals surface area contributed by atoms with Crippen molar-refractivity contribution in [1.29, 1.82) is 0 Å². The molecule has 4 nitrogen and oxygen atoms in total. The molecule has 4 rings (SSSR count). The molecule has 2 heterocycles. The minimum absolute atomic E-state index is 0.0507. The molecule has 0 radical (unpaired) electrons. The van der Waals surface area contributed by atoms with Crippen LogP contribution < -0.4 is 0 Å². The lowest BCUT2D eigenvalue weighted by Crippen LogP contribution is -2.02. The maximum absolute atomic E-state index is 12.6. The number of carbonyl (C=O) groups is 1. The number of aromatic nitrogens is 3. The lowest BCUT2D eigenvalue weighted by molar-refractivity contribution is 0.103. The summed E-state index contributed by atoms with van der Waals surface area (Å²) in [5, 5.41) is 7.43. The Kier molecular flexibility index (Phi) is 2.96. The normalized spacial score (nSPS) is 14.2. The summed E-state index contributed by atoms with van der Waals surface area (Å²) in [5.41, 5.74) is 3.62. The van der Waals surface area contributed by atoms with Crippen LogP contribution in [0.4, 0.5) is 0 Å². The SMILES string of the molecule is Cc1ccccc1C(=O)c1ccn(-c2cc(C3CC3)[nH]n2)c1. The van der Waals surface area contributed by atoms with Crippen LogP contribution in [0.2, 0.25) is 0 Å². The summed E-state index contributed by atoms with van der Waals surface area (Å²) in [7, 11) is 0. The van der Waals surface area contributed by atoms with Crippen LogP contribution in [0.25, 0.3) is 5.82 Å². The quantitative estimate of drug-likeness (QED) is 0.746. The number of H-pyrrole nitrogens is 1. The summed E-state index contributed by atoms with van der Waals surface area (Å²) in [6.07, 6.45) is 6.22. The first-order chi connectivity index (χ1) is 10.7. The number of rotatable bonds is 4. The molecule has 0 bridgehead atoms. The van der Waals surface area contributed by atoms with E-state index in [0.29, 0.717) is 11.5 Å². The fourth-order valence-corrected chi connectivity index (χ4v) is 2.72. The number of aromatic amines is 1. The molecule has 2 aromatic heterocycles. The highest BCUT2D eigenvalue weighted by atomic mass is 16.1. The molecule has 4 heteroatoms. The van der Waals surface area contributed by atoms with Crippen molar-refractivity contribution in [2.45, 2.75) is 25.7 Å². The van der Waals surface area contributed by atoms with E-state index in [0.717, 1.165) is 16.9 Å². The average molecular weight is 291 g/mol. The van der Waals surface area contributed by atoms with Crippen LogP contribution in [0.3, 0.4) is 0 Å². The summed E-state index contributed by atoms with van der Waals surface area (Å²) in [6, 6.07) is 11.6. The molecule has 3 aromatic rings. The fourth-order valence-electron chi connectivity index (χ4n) is 2.72. The van der Waals surface area contributed by atoms with Gasteiger partial charge >= 0.3 is 0 Å². The molecular weight excluding hydrogens is 274 g/mol. The lowest BCUT2D eigenvalue weighted by atomic mass is 10.0. The number of benzene rings is 1. The molecule has 0 amide bonds. The Hall–Kier alpha value is -2.62. The minimum Gasteiger partial charge on any atom is -0.306 e. The van der Waals surface area contributed by atoms with Gasteiger partial charge in [-0.15, -0.1) is 0 Å². The summed E-state index contributed by atoms with van der Waals surface area (Å²) < 4.78 is 1.90. The van der Waals surface area contributed by atoms with E-state index in [1.165, 1.54) is 18.5 Å². The van der Waals surface area contributed by atoms with Crippen LogP contribution in [0, 0.1) is 6.92 Å². The van der Waals surface area contributed by atoms with Gasteiger partial charge in [-0.2, -0.15) is 5.10 Å². The minimum atomic E-state index is 0.0507. The van der Waals surface area contributed by atoms with Crippen molar-refractivity contribution in [3.8, 4) is 5.82 Å². The van der Waals surface area contributed by atoms with E-state index < -0.39 is 0 Å². The van der Waals surface area contributed by atoms with Gasteiger partial charge in [0.15, 0.2) is 11.6 Å². The number of nitrogens with one attached hydrogen (secondary N) is 1. The number of nitrogens with zero attached hydrogens (tertiary/aromatic N) is 2. The van der Waals surface area contributed by atoms with Crippen molar-refractivity contribution in [2.24, 2.45) is 0 Å². The van der Waals surface area contributed by atoms with Crippen LogP contribution in [0.15, 0.2) is 48.8 Å². The number of aryl methyl sites for hydroxylation is 1. The van der Waals surface area contributed by atoms with E-state index in [9.17, 15) is 4.79 Å². The molecule has 0 spiro atoms. The average Bonchev–Trinajstić information content (AvgIpc) is 3.07. The highest BCUT2D eigenvalue weighted by molar-refractivity contribution is 6.09. The summed E-state index contributed by atoms with van der Waals surface area (Å²) in [4.78, 5) is 12.6. The Labute approximate surface area is 128 Å². The van der Waals surface area contributed by atoms with Gasteiger partial charge in [0.05, 0.1) is 0 Å². The third kappa shape index (κ3) is 2.26. The summed E-state index contributed by atoms with van der Waals surface area (Å²) in [5.74, 6) is 1.53. The van der Waals surface area contributed by atoms with Crippen molar-refractivity contribution in [2.75, 3.05) is 0 Å². The van der Waals surface area contributed by atoms with E-state index in [1.54, 1.807) is 0 Å². The third-order valence-corrected chi connectivity index (χ3v) is 4.21. The van der Waals surface area contributed by atoms with E-state index in [2.05, 4.69) is 16.3 Å². The Morgan fingerprint density at radius 2 is 2.09 bits per heavy atom. The highest BCUT2D eigenvalue weighted by Crippen LogP contribution is 2.39. The van der Waals surface area contributed by atoms with E-state index in [1.807, 2.05) is 54.2 Å². The zero-order valence-electron chi connectivity index (χ0n) is 12.4. The van der Waals surface area contributed by atoms with Crippen LogP contribution in [-0.4, -0.2) is 20.5 Å². The predicted molar refractivity (Wildman–Crippen MR) is 84.5 cm³/mol. The topological polar surface area (TPSA) is 50.7 Å². The summed E-state index contributed by atoms with van der Waals surface area (Å²) in [6.45, 7) is 1.96. The van der Waals surface area contributed by atoms with Gasteiger partial charge in [-0.25, -0.2) is 0 Å². The van der Waals surface area contributed by atoms with E-state index >= 15 is 0 Å². The Morgan fingerprint density at radius 3 is 2.86 bits per heavy atom. The molecular formula is C18H17N3O. The van der Waals surface area contributed by atoms with Gasteiger partial charge < -0.3 is 4.57 Å². The monoisotopic (exact) mass is 291 g/mol. The maximum atomic E-state index is 12.6. The molecule has 1 aliphatic rings. The molecule has 1 fully saturated rings. The fraction of sp³-hybridized carbons (Fsp3) is 0.222. The molecule has 0 aliphatic heterocycles. The molecule has 0 atom stereocenters. The van der Waals surface area contributed by atoms with Crippen LogP contribution in [0.1, 0.15) is 45.9 Å². The zero-order valence-corrected chi connectivity index (χ0v) is 12.4. The number of hydrogen-bond donors (Lipinski definition) is 1. The van der Waals surface area contributed by atoms with Crippen molar-refractivity contribution in [3.63, 3.8) is 0 Å². The van der Waals surface area contributed by atoms with Gasteiger partial charge in [-0.3, -0.25) is 9.89 Å². The van der Waals surface area contributed by atoms with Crippen molar-refractivity contribution in [3.05, 3.63) is 71.2 Å². The standard InChI is InChI=1S/C18H17N3O/c1-12-4-2-3-5-15(12)18(22)14-8-9-21(11-14)17-10-16(19-20-17)13-6-7-13/h2-5,8-11,13H,6-7H2,1H3,(H,19,20). The van der Waals surface area contributed by atoms with Gasteiger partial charge in [0.1, 0.15) is 0 Å². The van der Waals surface area contributed by atoms with Crippen molar-refractivity contribution in [1.82, 2.24) is 14.8 Å². The molecule has 0 saturated heterocycles. The highest BCUT2D eigenvalue weighted by Gasteiger charge is 2.25. The Morgan fingerprint density at radius 1 is 1.27 bits per heavy atom. The second-order valence-corrected chi connectivity index (χ2v) is 5.91. The maximum Gasteiger partial charge on any atom is 0.194 e. The molecule has 1 saturated carbocycles. The number of carbonyl (C=O) groups excluding carboxylic acids is 1. The second kappa shape index (κ2) is 4.98. The molecule has 110 valence electrons. The van der Waals surface area contributed by atoms with Gasteiger partial charge in [0.2, 0.25) is 0 Å². The number of ketones is 1. The van der Waals surface area contributed by atoms with E-state index in [4.69, 9.17) is 0 Å². The van der Waals surface area contributed by atoms with Crippen molar-refractivity contribution < 1.29 is 4.79 Å². The third-order valence-electron chi connectivity index (χ3n) is 4.21. The number of hydrogen-bond acceptors (Lipinski definition) is 2. The van der Waals surface area contributed by atoms with Crippen LogP contribution in [0.5, 0.6) is 0 Å². The first-order valence-corrected chi connectivity index (χ1v) is 7.56. The van der Waals surface area contributed by atoms with Gasteiger partial charge in [0.25, 0.3) is 0 Å². The lowest BCUT2D eigenvalue weighted by Gasteiger charge is -2.02. The first kappa shape index (κ1) is 13.1. The van der Waals surface area contributed by atoms with Crippen LogP contribution in [-0.2, 0) is 0 Å². The van der Waals surface area contributed by atoms with Gasteiger partial charge in [-0.1, -0.05) is 24.3 Å². The molecule has 22 heavy (non-hydrogen) atoms. The zero-order chi connectivity index (χ0) is 15.1. The predicted octanol–water partition coefficient (Wildman–Crippen LogP) is 3.62. The van der Waals surface area contributed by atoms with Gasteiger partial charge in [0, 0.05) is 41.2 Å². The Balaban J connectivity index is 1.63. The molecule has 0 unspecified atom stereocenters. The molecule has 1 N–H and O–H groups in total.